The molecule has 0 atom stereocenters. The monoisotopic (exact) mass is 263 g/mol. The molecule has 0 unspecified atom stereocenters. The lowest BCUT2D eigenvalue weighted by molar-refractivity contribution is -0.121. The van der Waals surface area contributed by atoms with Gasteiger partial charge in [-0.1, -0.05) is 6.07 Å². The second-order valence-electron chi connectivity index (χ2n) is 4.41. The van der Waals surface area contributed by atoms with Crippen LogP contribution in [0.2, 0.25) is 0 Å². The molecule has 1 aromatic rings. The number of amides is 1. The summed E-state index contributed by atoms with van der Waals surface area (Å²) in [5, 5.41) is 0. The van der Waals surface area contributed by atoms with Crippen LogP contribution in [-0.2, 0) is 4.79 Å². The Morgan fingerprint density at radius 3 is 2.68 bits per heavy atom. The molecule has 0 N–H and O–H groups in total. The predicted molar refractivity (Wildman–Crippen MR) is 69.7 cm³/mol. The molecule has 2 rings (SSSR count). The Kier molecular flexibility index (Phi) is 4.04. The Morgan fingerprint density at radius 1 is 1.26 bits per heavy atom. The summed E-state index contributed by atoms with van der Waals surface area (Å²) in [7, 11) is 3.02. The lowest BCUT2D eigenvalue weighted by Gasteiger charge is -2.26. The van der Waals surface area contributed by atoms with Crippen LogP contribution >= 0.6 is 0 Å². The number of piperidine rings is 1. The molecule has 102 valence electrons. The Balaban J connectivity index is 2.30. The van der Waals surface area contributed by atoms with E-state index in [9.17, 15) is 9.59 Å². The number of hydrogen-bond donors (Lipinski definition) is 0. The second-order valence-corrected chi connectivity index (χ2v) is 4.41. The molecule has 0 spiro atoms. The van der Waals surface area contributed by atoms with Gasteiger partial charge in [-0.25, -0.2) is 0 Å². The lowest BCUT2D eigenvalue weighted by atomic mass is 10.1. The number of carbonyl (C=O) groups is 2. The average molecular weight is 263 g/mol. The summed E-state index contributed by atoms with van der Waals surface area (Å²) in [6.07, 6.45) is 1.27. The summed E-state index contributed by atoms with van der Waals surface area (Å²) < 4.78 is 10.4. The van der Waals surface area contributed by atoms with Gasteiger partial charge in [-0.05, 0) is 18.6 Å². The molecule has 1 aliphatic rings. The van der Waals surface area contributed by atoms with Gasteiger partial charge in [-0.2, -0.15) is 0 Å². The molecule has 19 heavy (non-hydrogen) atoms. The molecule has 0 aliphatic carbocycles. The van der Waals surface area contributed by atoms with Crippen molar-refractivity contribution in [1.82, 2.24) is 4.90 Å². The van der Waals surface area contributed by atoms with Crippen molar-refractivity contribution in [3.8, 4) is 11.5 Å². The molecule has 1 aliphatic heterocycles. The molecule has 1 fully saturated rings. The van der Waals surface area contributed by atoms with Crippen LogP contribution in [0.1, 0.15) is 23.2 Å². The fourth-order valence-corrected chi connectivity index (χ4v) is 2.24. The quantitative estimate of drug-likeness (QED) is 0.829. The topological polar surface area (TPSA) is 55.8 Å². The van der Waals surface area contributed by atoms with E-state index in [0.717, 1.165) is 6.42 Å². The van der Waals surface area contributed by atoms with Crippen molar-refractivity contribution in [3.05, 3.63) is 23.8 Å². The third kappa shape index (κ3) is 2.70. The fourth-order valence-electron chi connectivity index (χ4n) is 2.24. The number of methoxy groups -OCH3 is 2. The van der Waals surface area contributed by atoms with Crippen LogP contribution < -0.4 is 9.47 Å². The average Bonchev–Trinajstić information content (AvgIpc) is 2.45. The minimum absolute atomic E-state index is 0.0986. The van der Waals surface area contributed by atoms with Crippen LogP contribution in [0.15, 0.2) is 18.2 Å². The van der Waals surface area contributed by atoms with Gasteiger partial charge >= 0.3 is 0 Å². The van der Waals surface area contributed by atoms with Crippen LogP contribution in [0.5, 0.6) is 11.5 Å². The van der Waals surface area contributed by atoms with Crippen LogP contribution in [0.3, 0.4) is 0 Å². The molecule has 1 aromatic carbocycles. The lowest BCUT2D eigenvalue weighted by Crippen LogP contribution is -2.40. The number of benzene rings is 1. The summed E-state index contributed by atoms with van der Waals surface area (Å²) in [5.74, 6) is 0.829. The SMILES string of the molecule is COc1cccc(C(=O)N2CCCC(=O)C2)c1OC. The Morgan fingerprint density at radius 2 is 2.05 bits per heavy atom. The van der Waals surface area contributed by atoms with Gasteiger partial charge in [0, 0.05) is 13.0 Å². The summed E-state index contributed by atoms with van der Waals surface area (Å²) in [6.45, 7) is 0.782. The zero-order valence-electron chi connectivity index (χ0n) is 11.1. The van der Waals surface area contributed by atoms with Crippen molar-refractivity contribution in [2.75, 3.05) is 27.3 Å². The highest BCUT2D eigenvalue weighted by Gasteiger charge is 2.25. The van der Waals surface area contributed by atoms with Crippen LogP contribution in [0, 0.1) is 0 Å². The van der Waals surface area contributed by atoms with Gasteiger partial charge in [0.1, 0.15) is 0 Å². The van der Waals surface area contributed by atoms with Crippen LogP contribution in [-0.4, -0.2) is 43.9 Å². The first-order valence-corrected chi connectivity index (χ1v) is 6.19. The van der Waals surface area contributed by atoms with Crippen molar-refractivity contribution < 1.29 is 19.1 Å². The Bertz CT molecular complexity index is 498. The molecule has 0 bridgehead atoms. The molecule has 0 radical (unpaired) electrons. The molecule has 0 aromatic heterocycles. The number of ketones is 1. The maximum atomic E-state index is 12.4. The van der Waals surface area contributed by atoms with Crippen LogP contribution in [0.4, 0.5) is 0 Å². The predicted octanol–water partition coefficient (Wildman–Crippen LogP) is 1.51. The minimum Gasteiger partial charge on any atom is -0.493 e. The van der Waals surface area contributed by atoms with E-state index in [1.807, 2.05) is 0 Å². The fraction of sp³-hybridized carbons (Fsp3) is 0.429. The van der Waals surface area contributed by atoms with Gasteiger partial charge in [0.05, 0.1) is 26.3 Å². The standard InChI is InChI=1S/C14H17NO4/c1-18-12-7-3-6-11(13(12)19-2)14(17)15-8-4-5-10(16)9-15/h3,6-7H,4-5,8-9H2,1-2H3. The zero-order valence-corrected chi connectivity index (χ0v) is 11.1. The summed E-state index contributed by atoms with van der Waals surface area (Å²) >= 11 is 0. The number of hydrogen-bond acceptors (Lipinski definition) is 4. The highest BCUT2D eigenvalue weighted by molar-refractivity contribution is 6.00. The molecule has 1 heterocycles. The second kappa shape index (κ2) is 5.73. The van der Waals surface area contributed by atoms with E-state index < -0.39 is 0 Å². The molecule has 1 amide bonds. The first kappa shape index (κ1) is 13.4. The van der Waals surface area contributed by atoms with Crippen molar-refractivity contribution in [2.45, 2.75) is 12.8 Å². The van der Waals surface area contributed by atoms with E-state index >= 15 is 0 Å². The minimum atomic E-state index is -0.191. The summed E-state index contributed by atoms with van der Waals surface area (Å²) in [6, 6.07) is 5.15. The summed E-state index contributed by atoms with van der Waals surface area (Å²) in [5.41, 5.74) is 0.427. The molecule has 5 heteroatoms. The zero-order chi connectivity index (χ0) is 13.8. The maximum Gasteiger partial charge on any atom is 0.258 e. The maximum absolute atomic E-state index is 12.4. The molecule has 0 saturated carbocycles. The smallest absolute Gasteiger partial charge is 0.258 e. The first-order chi connectivity index (χ1) is 9.17. The van der Waals surface area contributed by atoms with E-state index in [4.69, 9.17) is 9.47 Å². The third-order valence-electron chi connectivity index (χ3n) is 3.17. The van der Waals surface area contributed by atoms with E-state index in [2.05, 4.69) is 0 Å². The van der Waals surface area contributed by atoms with E-state index in [-0.39, 0.29) is 18.2 Å². The van der Waals surface area contributed by atoms with E-state index in [0.29, 0.717) is 30.0 Å². The van der Waals surface area contributed by atoms with Gasteiger partial charge in [0.15, 0.2) is 17.3 Å². The number of likely N-dealkylation sites (tertiary alicyclic amines) is 1. The third-order valence-corrected chi connectivity index (χ3v) is 3.17. The summed E-state index contributed by atoms with van der Waals surface area (Å²) in [4.78, 5) is 25.4. The van der Waals surface area contributed by atoms with Gasteiger partial charge in [0.25, 0.3) is 5.91 Å². The van der Waals surface area contributed by atoms with Crippen molar-refractivity contribution in [2.24, 2.45) is 0 Å². The number of ether oxygens (including phenoxy) is 2. The van der Waals surface area contributed by atoms with E-state index in [1.165, 1.54) is 14.2 Å². The highest BCUT2D eigenvalue weighted by atomic mass is 16.5. The Labute approximate surface area is 112 Å². The number of rotatable bonds is 3. The first-order valence-electron chi connectivity index (χ1n) is 6.19. The van der Waals surface area contributed by atoms with Crippen molar-refractivity contribution in [1.29, 1.82) is 0 Å². The van der Waals surface area contributed by atoms with Crippen molar-refractivity contribution >= 4 is 11.7 Å². The largest absolute Gasteiger partial charge is 0.493 e. The molecular weight excluding hydrogens is 246 g/mol. The van der Waals surface area contributed by atoms with Gasteiger partial charge in [-0.3, -0.25) is 9.59 Å². The normalized spacial score (nSPS) is 15.3. The molecule has 1 saturated heterocycles. The Hall–Kier alpha value is -2.04. The van der Waals surface area contributed by atoms with Crippen molar-refractivity contribution in [3.63, 3.8) is 0 Å². The number of Topliss-reactive ketones (excluding diaryl/α,β-unsaturated/α-hetero) is 1. The number of nitrogens with zero attached hydrogens (tertiary/aromatic N) is 1. The van der Waals surface area contributed by atoms with Gasteiger partial charge in [0.2, 0.25) is 0 Å². The molecule has 5 nitrogen and oxygen atoms in total. The highest BCUT2D eigenvalue weighted by Crippen LogP contribution is 2.31. The van der Waals surface area contributed by atoms with Gasteiger partial charge in [-0.15, -0.1) is 0 Å². The number of para-hydroxylation sites is 1. The van der Waals surface area contributed by atoms with Crippen LogP contribution in [0.25, 0.3) is 0 Å². The number of carbonyl (C=O) groups excluding carboxylic acids is 2. The van der Waals surface area contributed by atoms with E-state index in [1.54, 1.807) is 23.1 Å². The van der Waals surface area contributed by atoms with Gasteiger partial charge < -0.3 is 14.4 Å². The molecular formula is C14H17NO4.